The number of hydrogen-bond acceptors (Lipinski definition) is 2. The number of amides is 1. The summed E-state index contributed by atoms with van der Waals surface area (Å²) < 4.78 is 0. The first-order valence-electron chi connectivity index (χ1n) is 5.58. The van der Waals surface area contributed by atoms with Crippen LogP contribution >= 0.6 is 0 Å². The molecule has 0 radical (unpaired) electrons. The van der Waals surface area contributed by atoms with Gasteiger partial charge in [0.05, 0.1) is 11.6 Å². The van der Waals surface area contributed by atoms with Crippen LogP contribution in [0.25, 0.3) is 0 Å². The van der Waals surface area contributed by atoms with Gasteiger partial charge in [-0.3, -0.25) is 4.79 Å². The van der Waals surface area contributed by atoms with Gasteiger partial charge in [0.1, 0.15) is 0 Å². The number of nitrogens with zero attached hydrogens (tertiary/aromatic N) is 1. The summed E-state index contributed by atoms with van der Waals surface area (Å²) in [4.78, 5) is 12.0. The second kappa shape index (κ2) is 5.15. The fourth-order valence-electron chi connectivity index (χ4n) is 1.65. The van der Waals surface area contributed by atoms with E-state index in [4.69, 9.17) is 5.26 Å². The molecule has 0 aliphatic rings. The highest BCUT2D eigenvalue weighted by Crippen LogP contribution is 2.13. The highest BCUT2D eigenvalue weighted by Gasteiger charge is 2.07. The number of nitriles is 1. The second-order valence-electron chi connectivity index (χ2n) is 3.96. The van der Waals surface area contributed by atoms with E-state index >= 15 is 0 Å². The number of hydrogen-bond donors (Lipinski definition) is 1. The van der Waals surface area contributed by atoms with Gasteiger partial charge in [-0.15, -0.1) is 0 Å². The molecule has 0 aromatic heterocycles. The van der Waals surface area contributed by atoms with Gasteiger partial charge in [-0.1, -0.05) is 18.2 Å². The molecule has 2 rings (SSSR count). The largest absolute Gasteiger partial charge is 0.322 e. The van der Waals surface area contributed by atoms with Crippen LogP contribution in [0.15, 0.2) is 48.5 Å². The molecule has 0 bridgehead atoms. The molecule has 0 aliphatic carbocycles. The van der Waals surface area contributed by atoms with E-state index in [-0.39, 0.29) is 5.91 Å². The molecule has 0 saturated heterocycles. The van der Waals surface area contributed by atoms with Crippen LogP contribution < -0.4 is 5.32 Å². The van der Waals surface area contributed by atoms with Crippen LogP contribution in [0.5, 0.6) is 0 Å². The lowest BCUT2D eigenvalue weighted by Crippen LogP contribution is -2.13. The first-order chi connectivity index (χ1) is 8.70. The van der Waals surface area contributed by atoms with Crippen molar-refractivity contribution in [3.05, 3.63) is 65.2 Å². The molecule has 0 atom stereocenters. The van der Waals surface area contributed by atoms with E-state index in [1.54, 1.807) is 30.3 Å². The molecule has 2 aromatic carbocycles. The highest BCUT2D eigenvalue weighted by molar-refractivity contribution is 6.05. The van der Waals surface area contributed by atoms with Gasteiger partial charge in [-0.2, -0.15) is 5.26 Å². The minimum absolute atomic E-state index is 0.141. The summed E-state index contributed by atoms with van der Waals surface area (Å²) >= 11 is 0. The lowest BCUT2D eigenvalue weighted by Gasteiger charge is -2.07. The molecular formula is C15H12N2O. The Labute approximate surface area is 106 Å². The SMILES string of the molecule is Cc1ccccc1C(=O)Nc1ccc(C#N)cc1. The zero-order valence-electron chi connectivity index (χ0n) is 9.97. The standard InChI is InChI=1S/C15H12N2O/c1-11-4-2-3-5-14(11)15(18)17-13-8-6-12(10-16)7-9-13/h2-9H,1H3,(H,17,18). The van der Waals surface area contributed by atoms with E-state index in [9.17, 15) is 4.79 Å². The Hall–Kier alpha value is -2.60. The quantitative estimate of drug-likeness (QED) is 0.870. The van der Waals surface area contributed by atoms with Crippen molar-refractivity contribution < 1.29 is 4.79 Å². The Morgan fingerprint density at radius 1 is 1.11 bits per heavy atom. The predicted octanol–water partition coefficient (Wildman–Crippen LogP) is 3.12. The van der Waals surface area contributed by atoms with E-state index < -0.39 is 0 Å². The number of aryl methyl sites for hydroxylation is 1. The van der Waals surface area contributed by atoms with E-state index in [0.29, 0.717) is 16.8 Å². The number of carbonyl (C=O) groups excluding carboxylic acids is 1. The van der Waals surface area contributed by atoms with Gasteiger partial charge in [0.2, 0.25) is 0 Å². The Kier molecular flexibility index (Phi) is 3.40. The van der Waals surface area contributed by atoms with Gasteiger partial charge in [0.15, 0.2) is 0 Å². The minimum atomic E-state index is -0.141. The molecule has 1 N–H and O–H groups in total. The van der Waals surface area contributed by atoms with Crippen LogP contribution in [-0.4, -0.2) is 5.91 Å². The molecule has 0 heterocycles. The first kappa shape index (κ1) is 11.9. The van der Waals surface area contributed by atoms with Gasteiger partial charge in [0.25, 0.3) is 5.91 Å². The van der Waals surface area contributed by atoms with Crippen LogP contribution in [0, 0.1) is 18.3 Å². The molecule has 3 heteroatoms. The Balaban J connectivity index is 2.17. The predicted molar refractivity (Wildman–Crippen MR) is 70.3 cm³/mol. The van der Waals surface area contributed by atoms with Gasteiger partial charge in [-0.05, 0) is 42.8 Å². The van der Waals surface area contributed by atoms with Gasteiger partial charge >= 0.3 is 0 Å². The number of carbonyl (C=O) groups is 1. The Morgan fingerprint density at radius 3 is 2.39 bits per heavy atom. The van der Waals surface area contributed by atoms with Crippen LogP contribution in [0.1, 0.15) is 21.5 Å². The molecule has 1 amide bonds. The molecule has 0 fully saturated rings. The molecule has 88 valence electrons. The molecule has 2 aromatic rings. The summed E-state index contributed by atoms with van der Waals surface area (Å²) in [5.41, 5.74) is 2.84. The fraction of sp³-hybridized carbons (Fsp3) is 0.0667. The number of benzene rings is 2. The third kappa shape index (κ3) is 2.55. The minimum Gasteiger partial charge on any atom is -0.322 e. The van der Waals surface area contributed by atoms with Crippen LogP contribution in [0.3, 0.4) is 0 Å². The molecule has 0 saturated carbocycles. The van der Waals surface area contributed by atoms with Crippen molar-refractivity contribution in [2.75, 3.05) is 5.32 Å². The third-order valence-corrected chi connectivity index (χ3v) is 2.66. The van der Waals surface area contributed by atoms with Crippen LogP contribution in [-0.2, 0) is 0 Å². The average molecular weight is 236 g/mol. The summed E-state index contributed by atoms with van der Waals surface area (Å²) in [6.07, 6.45) is 0. The number of nitrogens with one attached hydrogen (secondary N) is 1. The molecule has 0 spiro atoms. The normalized spacial score (nSPS) is 9.56. The van der Waals surface area contributed by atoms with Crippen molar-refractivity contribution in [3.63, 3.8) is 0 Å². The summed E-state index contributed by atoms with van der Waals surface area (Å²) in [6, 6.07) is 16.2. The highest BCUT2D eigenvalue weighted by atomic mass is 16.1. The molecule has 0 aliphatic heterocycles. The third-order valence-electron chi connectivity index (χ3n) is 2.66. The van der Waals surface area contributed by atoms with Crippen molar-refractivity contribution in [3.8, 4) is 6.07 Å². The monoisotopic (exact) mass is 236 g/mol. The lowest BCUT2D eigenvalue weighted by atomic mass is 10.1. The maximum absolute atomic E-state index is 12.0. The maximum atomic E-state index is 12.0. The topological polar surface area (TPSA) is 52.9 Å². The zero-order valence-corrected chi connectivity index (χ0v) is 9.97. The molecular weight excluding hydrogens is 224 g/mol. The van der Waals surface area contributed by atoms with E-state index in [2.05, 4.69) is 5.32 Å². The summed E-state index contributed by atoms with van der Waals surface area (Å²) in [6.45, 7) is 1.90. The fourth-order valence-corrected chi connectivity index (χ4v) is 1.65. The average Bonchev–Trinajstić information content (AvgIpc) is 2.40. The molecule has 18 heavy (non-hydrogen) atoms. The van der Waals surface area contributed by atoms with Crippen LogP contribution in [0.2, 0.25) is 0 Å². The summed E-state index contributed by atoms with van der Waals surface area (Å²) in [5.74, 6) is -0.141. The van der Waals surface area contributed by atoms with Crippen molar-refractivity contribution in [1.82, 2.24) is 0 Å². The van der Waals surface area contributed by atoms with Gasteiger partial charge < -0.3 is 5.32 Å². The van der Waals surface area contributed by atoms with Crippen molar-refractivity contribution in [2.45, 2.75) is 6.92 Å². The summed E-state index contributed by atoms with van der Waals surface area (Å²) in [7, 11) is 0. The zero-order chi connectivity index (χ0) is 13.0. The molecule has 0 unspecified atom stereocenters. The van der Waals surface area contributed by atoms with Crippen molar-refractivity contribution in [1.29, 1.82) is 5.26 Å². The van der Waals surface area contributed by atoms with E-state index in [0.717, 1.165) is 5.56 Å². The maximum Gasteiger partial charge on any atom is 0.255 e. The first-order valence-corrected chi connectivity index (χ1v) is 5.58. The van der Waals surface area contributed by atoms with Crippen molar-refractivity contribution >= 4 is 11.6 Å². The Morgan fingerprint density at radius 2 is 1.78 bits per heavy atom. The molecule has 3 nitrogen and oxygen atoms in total. The Bertz CT molecular complexity index is 609. The van der Waals surface area contributed by atoms with Gasteiger partial charge in [0, 0.05) is 11.3 Å². The van der Waals surface area contributed by atoms with E-state index in [1.165, 1.54) is 0 Å². The van der Waals surface area contributed by atoms with E-state index in [1.807, 2.05) is 31.2 Å². The second-order valence-corrected chi connectivity index (χ2v) is 3.96. The number of rotatable bonds is 2. The smallest absolute Gasteiger partial charge is 0.255 e. The van der Waals surface area contributed by atoms with Crippen molar-refractivity contribution in [2.24, 2.45) is 0 Å². The summed E-state index contributed by atoms with van der Waals surface area (Å²) in [5, 5.41) is 11.5. The van der Waals surface area contributed by atoms with Gasteiger partial charge in [-0.25, -0.2) is 0 Å². The lowest BCUT2D eigenvalue weighted by molar-refractivity contribution is 0.102. The van der Waals surface area contributed by atoms with Crippen LogP contribution in [0.4, 0.5) is 5.69 Å². The number of anilines is 1.